The molecule has 0 aromatic heterocycles. The molecule has 0 aliphatic carbocycles. The summed E-state index contributed by atoms with van der Waals surface area (Å²) in [5, 5.41) is 14.5. The molecule has 0 aliphatic rings. The normalized spacial score (nSPS) is 11.1. The molecule has 3 nitrogen and oxygen atoms in total. The van der Waals surface area contributed by atoms with E-state index in [1.807, 2.05) is 72.8 Å². The highest BCUT2D eigenvalue weighted by molar-refractivity contribution is 6.01. The summed E-state index contributed by atoms with van der Waals surface area (Å²) in [6, 6.07) is 23.7. The number of allylic oxidation sites excluding steroid dienone is 1. The molecule has 0 saturated carbocycles. The van der Waals surface area contributed by atoms with E-state index in [-0.39, 0.29) is 5.91 Å². The highest BCUT2D eigenvalue weighted by Gasteiger charge is 2.06. The van der Waals surface area contributed by atoms with Gasteiger partial charge in [0.1, 0.15) is 0 Å². The minimum Gasteiger partial charge on any atom is -0.326 e. The highest BCUT2D eigenvalue weighted by Crippen LogP contribution is 2.26. The molecule has 24 heavy (non-hydrogen) atoms. The third-order valence-corrected chi connectivity index (χ3v) is 3.74. The van der Waals surface area contributed by atoms with Crippen molar-refractivity contribution in [1.29, 1.82) is 5.26 Å². The average Bonchev–Trinajstić information content (AvgIpc) is 2.60. The summed E-state index contributed by atoms with van der Waals surface area (Å²) in [5.41, 5.74) is 3.18. The predicted molar refractivity (Wildman–Crippen MR) is 98.2 cm³/mol. The summed E-state index contributed by atoms with van der Waals surface area (Å²) >= 11 is 0. The van der Waals surface area contributed by atoms with Crippen LogP contribution in [0.3, 0.4) is 0 Å². The van der Waals surface area contributed by atoms with Crippen LogP contribution in [0.5, 0.6) is 0 Å². The van der Waals surface area contributed by atoms with Gasteiger partial charge in [-0.25, -0.2) is 0 Å². The van der Waals surface area contributed by atoms with Crippen LogP contribution in [0, 0.1) is 11.3 Å². The van der Waals surface area contributed by atoms with Crippen LogP contribution in [0.25, 0.3) is 22.4 Å². The molecular formula is C21H16N2O. The Hall–Kier alpha value is -3.38. The number of nitrogens with zero attached hydrogens (tertiary/aromatic N) is 1. The minimum atomic E-state index is -0.105. The number of nitriles is 1. The second kappa shape index (κ2) is 6.80. The average molecular weight is 312 g/mol. The molecule has 116 valence electrons. The standard InChI is InChI=1S/C21H16N2O/c1-15(24)23-19-11-9-16(10-12-19)13-18(14-22)21-8-4-6-17-5-2-3-7-20(17)21/h2-13H,1H3,(H,23,24). The van der Waals surface area contributed by atoms with Gasteiger partial charge in [-0.15, -0.1) is 0 Å². The van der Waals surface area contributed by atoms with Crippen molar-refractivity contribution in [2.24, 2.45) is 0 Å². The molecule has 0 atom stereocenters. The minimum absolute atomic E-state index is 0.105. The number of hydrogen-bond acceptors (Lipinski definition) is 2. The second-order valence-electron chi connectivity index (χ2n) is 5.50. The van der Waals surface area contributed by atoms with E-state index in [0.717, 1.165) is 27.6 Å². The quantitative estimate of drug-likeness (QED) is 0.554. The van der Waals surface area contributed by atoms with E-state index in [9.17, 15) is 10.1 Å². The lowest BCUT2D eigenvalue weighted by atomic mass is 9.97. The molecule has 1 N–H and O–H groups in total. The van der Waals surface area contributed by atoms with E-state index in [1.165, 1.54) is 6.92 Å². The molecular weight excluding hydrogens is 296 g/mol. The molecule has 1 amide bonds. The van der Waals surface area contributed by atoms with E-state index in [0.29, 0.717) is 5.57 Å². The number of carbonyl (C=O) groups is 1. The van der Waals surface area contributed by atoms with Crippen LogP contribution in [-0.4, -0.2) is 5.91 Å². The van der Waals surface area contributed by atoms with Gasteiger partial charge in [-0.05, 0) is 34.5 Å². The Labute approximate surface area is 140 Å². The maximum absolute atomic E-state index is 11.1. The molecule has 3 rings (SSSR count). The number of carbonyl (C=O) groups excluding carboxylic acids is 1. The molecule has 0 radical (unpaired) electrons. The largest absolute Gasteiger partial charge is 0.326 e. The Morgan fingerprint density at radius 1 is 1.00 bits per heavy atom. The topological polar surface area (TPSA) is 52.9 Å². The van der Waals surface area contributed by atoms with Crippen LogP contribution in [0.2, 0.25) is 0 Å². The molecule has 0 spiro atoms. The van der Waals surface area contributed by atoms with E-state index < -0.39 is 0 Å². The second-order valence-corrected chi connectivity index (χ2v) is 5.50. The number of anilines is 1. The summed E-state index contributed by atoms with van der Waals surface area (Å²) in [4.78, 5) is 11.1. The zero-order valence-electron chi connectivity index (χ0n) is 13.3. The zero-order chi connectivity index (χ0) is 16.9. The zero-order valence-corrected chi connectivity index (χ0v) is 13.3. The number of nitrogens with one attached hydrogen (secondary N) is 1. The molecule has 0 saturated heterocycles. The smallest absolute Gasteiger partial charge is 0.221 e. The van der Waals surface area contributed by atoms with Crippen LogP contribution in [-0.2, 0) is 4.79 Å². The van der Waals surface area contributed by atoms with Gasteiger partial charge in [-0.2, -0.15) is 5.26 Å². The molecule has 0 unspecified atom stereocenters. The predicted octanol–water partition coefficient (Wildman–Crippen LogP) is 4.86. The van der Waals surface area contributed by atoms with Crippen molar-refractivity contribution in [3.8, 4) is 6.07 Å². The lowest BCUT2D eigenvalue weighted by molar-refractivity contribution is -0.114. The Kier molecular flexibility index (Phi) is 4.40. The van der Waals surface area contributed by atoms with Crippen LogP contribution < -0.4 is 5.32 Å². The number of benzene rings is 3. The van der Waals surface area contributed by atoms with Crippen molar-refractivity contribution in [3.05, 3.63) is 77.9 Å². The fourth-order valence-electron chi connectivity index (χ4n) is 2.66. The number of amides is 1. The highest BCUT2D eigenvalue weighted by atomic mass is 16.1. The SMILES string of the molecule is CC(=O)Nc1ccc(C=C(C#N)c2cccc3ccccc23)cc1. The summed E-state index contributed by atoms with van der Waals surface area (Å²) in [6.45, 7) is 1.47. The summed E-state index contributed by atoms with van der Waals surface area (Å²) in [5.74, 6) is -0.105. The lowest BCUT2D eigenvalue weighted by Gasteiger charge is -2.06. The fourth-order valence-corrected chi connectivity index (χ4v) is 2.66. The summed E-state index contributed by atoms with van der Waals surface area (Å²) in [6.07, 6.45) is 1.86. The maximum atomic E-state index is 11.1. The first-order valence-corrected chi connectivity index (χ1v) is 7.65. The lowest BCUT2D eigenvalue weighted by Crippen LogP contribution is -2.05. The molecule has 3 aromatic carbocycles. The van der Waals surface area contributed by atoms with Crippen molar-refractivity contribution < 1.29 is 4.79 Å². The maximum Gasteiger partial charge on any atom is 0.221 e. The van der Waals surface area contributed by atoms with Crippen molar-refractivity contribution in [3.63, 3.8) is 0 Å². The summed E-state index contributed by atoms with van der Waals surface area (Å²) < 4.78 is 0. The van der Waals surface area contributed by atoms with E-state index in [4.69, 9.17) is 0 Å². The van der Waals surface area contributed by atoms with Gasteiger partial charge in [0.05, 0.1) is 11.6 Å². The number of hydrogen-bond donors (Lipinski definition) is 1. The monoisotopic (exact) mass is 312 g/mol. The van der Waals surface area contributed by atoms with Gasteiger partial charge in [0.25, 0.3) is 0 Å². The number of fused-ring (bicyclic) bond motifs is 1. The first-order chi connectivity index (χ1) is 11.7. The first kappa shape index (κ1) is 15.5. The van der Waals surface area contributed by atoms with E-state index >= 15 is 0 Å². The van der Waals surface area contributed by atoms with Gasteiger partial charge >= 0.3 is 0 Å². The Morgan fingerprint density at radius 2 is 1.71 bits per heavy atom. The molecule has 0 heterocycles. The van der Waals surface area contributed by atoms with Crippen LogP contribution >= 0.6 is 0 Å². The summed E-state index contributed by atoms with van der Waals surface area (Å²) in [7, 11) is 0. The van der Waals surface area contributed by atoms with E-state index in [2.05, 4.69) is 11.4 Å². The van der Waals surface area contributed by atoms with Crippen molar-refractivity contribution >= 4 is 34.0 Å². The van der Waals surface area contributed by atoms with Crippen LogP contribution in [0.1, 0.15) is 18.1 Å². The van der Waals surface area contributed by atoms with Gasteiger partial charge in [0.15, 0.2) is 0 Å². The van der Waals surface area contributed by atoms with Crippen molar-refractivity contribution in [2.45, 2.75) is 6.92 Å². The Bertz CT molecular complexity index is 958. The molecule has 3 heteroatoms. The Morgan fingerprint density at radius 3 is 2.42 bits per heavy atom. The van der Waals surface area contributed by atoms with Gasteiger partial charge < -0.3 is 5.32 Å². The van der Waals surface area contributed by atoms with Gasteiger partial charge in [0.2, 0.25) is 5.91 Å². The molecule has 0 fully saturated rings. The molecule has 3 aromatic rings. The first-order valence-electron chi connectivity index (χ1n) is 7.65. The van der Waals surface area contributed by atoms with Gasteiger partial charge in [-0.3, -0.25) is 4.79 Å². The third-order valence-electron chi connectivity index (χ3n) is 3.74. The Balaban J connectivity index is 2.00. The van der Waals surface area contributed by atoms with Crippen molar-refractivity contribution in [1.82, 2.24) is 0 Å². The van der Waals surface area contributed by atoms with Crippen LogP contribution in [0.4, 0.5) is 5.69 Å². The van der Waals surface area contributed by atoms with E-state index in [1.54, 1.807) is 0 Å². The van der Waals surface area contributed by atoms with Crippen LogP contribution in [0.15, 0.2) is 66.7 Å². The third kappa shape index (κ3) is 3.34. The van der Waals surface area contributed by atoms with Gasteiger partial charge in [-0.1, -0.05) is 54.6 Å². The van der Waals surface area contributed by atoms with Crippen molar-refractivity contribution in [2.75, 3.05) is 5.32 Å². The molecule has 0 bridgehead atoms. The number of rotatable bonds is 3. The molecule has 0 aliphatic heterocycles. The fraction of sp³-hybridized carbons (Fsp3) is 0.0476. The van der Waals surface area contributed by atoms with Gasteiger partial charge in [0, 0.05) is 18.2 Å².